The van der Waals surface area contributed by atoms with Crippen LogP contribution < -0.4 is 5.73 Å². The second kappa shape index (κ2) is 2.67. The summed E-state index contributed by atoms with van der Waals surface area (Å²) in [4.78, 5) is 20.2. The molecular weight excluding hydrogens is 169 g/mol. The van der Waals surface area contributed by atoms with Gasteiger partial charge in [-0.15, -0.1) is 11.3 Å². The lowest BCUT2D eigenvalue weighted by molar-refractivity contribution is -0.384. The molecule has 1 amide bonds. The number of primary amides is 1. The summed E-state index contributed by atoms with van der Waals surface area (Å²) in [7, 11) is 0. The van der Waals surface area contributed by atoms with Crippen LogP contribution in [0.3, 0.4) is 0 Å². The van der Waals surface area contributed by atoms with Gasteiger partial charge in [-0.1, -0.05) is 0 Å². The lowest BCUT2D eigenvalue weighted by Crippen LogP contribution is -2.08. The van der Waals surface area contributed by atoms with Gasteiger partial charge in [0.1, 0.15) is 0 Å². The summed E-state index contributed by atoms with van der Waals surface area (Å²) in [5.41, 5.74) is 4.78. The van der Waals surface area contributed by atoms with Crippen molar-refractivity contribution in [3.8, 4) is 0 Å². The normalized spacial score (nSPS) is 9.45. The zero-order valence-corrected chi connectivity index (χ0v) is 6.13. The van der Waals surface area contributed by atoms with E-state index in [1.807, 2.05) is 0 Å². The van der Waals surface area contributed by atoms with Crippen LogP contribution in [0, 0.1) is 10.1 Å². The molecule has 0 atom stereocenters. The summed E-state index contributed by atoms with van der Waals surface area (Å²) >= 11 is 0.970. The third-order valence-corrected chi connectivity index (χ3v) is 1.97. The third-order valence-electron chi connectivity index (χ3n) is 1.04. The van der Waals surface area contributed by atoms with Gasteiger partial charge in [0.25, 0.3) is 11.6 Å². The van der Waals surface area contributed by atoms with Crippen molar-refractivity contribution in [1.29, 1.82) is 0 Å². The Kier molecular flexibility index (Phi) is 1.86. The van der Waals surface area contributed by atoms with E-state index < -0.39 is 10.8 Å². The first kappa shape index (κ1) is 7.67. The number of thiophene rings is 1. The van der Waals surface area contributed by atoms with Gasteiger partial charge in [0.15, 0.2) is 0 Å². The minimum atomic E-state index is -0.636. The van der Waals surface area contributed by atoms with Crippen LogP contribution in [-0.4, -0.2) is 10.8 Å². The first-order chi connectivity index (χ1) is 5.11. The zero-order chi connectivity index (χ0) is 8.43. The van der Waals surface area contributed by atoms with Crippen molar-refractivity contribution in [2.24, 2.45) is 5.73 Å². The second-order valence-corrected chi connectivity index (χ2v) is 2.70. The highest BCUT2D eigenvalue weighted by Crippen LogP contribution is 2.20. The molecule has 6 heteroatoms. The van der Waals surface area contributed by atoms with Crippen LogP contribution in [0.1, 0.15) is 9.67 Å². The van der Waals surface area contributed by atoms with E-state index in [0.717, 1.165) is 17.4 Å². The molecule has 1 aromatic rings. The van der Waals surface area contributed by atoms with Gasteiger partial charge < -0.3 is 5.73 Å². The Morgan fingerprint density at radius 2 is 2.36 bits per heavy atom. The van der Waals surface area contributed by atoms with Crippen LogP contribution >= 0.6 is 11.3 Å². The molecule has 1 aromatic heterocycles. The number of amides is 1. The largest absolute Gasteiger partial charge is 0.365 e. The number of carbonyl (C=O) groups excluding carboxylic acids is 1. The highest BCUT2D eigenvalue weighted by atomic mass is 32.1. The van der Waals surface area contributed by atoms with E-state index in [0.29, 0.717) is 0 Å². The Morgan fingerprint density at radius 3 is 2.64 bits per heavy atom. The number of nitrogens with zero attached hydrogens (tertiary/aromatic N) is 1. The first-order valence-electron chi connectivity index (χ1n) is 2.64. The molecule has 0 radical (unpaired) electrons. The fourth-order valence-electron chi connectivity index (χ4n) is 0.551. The van der Waals surface area contributed by atoms with Crippen molar-refractivity contribution in [1.82, 2.24) is 0 Å². The van der Waals surface area contributed by atoms with Crippen LogP contribution in [0.15, 0.2) is 11.4 Å². The number of nitro groups is 1. The molecule has 0 spiro atoms. The van der Waals surface area contributed by atoms with Crippen molar-refractivity contribution in [2.75, 3.05) is 0 Å². The predicted octanol–water partition coefficient (Wildman–Crippen LogP) is 0.755. The summed E-state index contributed by atoms with van der Waals surface area (Å²) in [6, 6.07) is 1.16. The molecule has 1 rings (SSSR count). The van der Waals surface area contributed by atoms with Crippen LogP contribution in [0.2, 0.25) is 0 Å². The number of nitrogens with two attached hydrogens (primary N) is 1. The van der Waals surface area contributed by atoms with Crippen molar-refractivity contribution < 1.29 is 9.72 Å². The first-order valence-corrected chi connectivity index (χ1v) is 3.52. The number of hydrogen-bond donors (Lipinski definition) is 1. The summed E-state index contributed by atoms with van der Waals surface area (Å²) < 4.78 is 0. The van der Waals surface area contributed by atoms with Gasteiger partial charge >= 0.3 is 0 Å². The van der Waals surface area contributed by atoms with Gasteiger partial charge in [-0.05, 0) is 0 Å². The second-order valence-electron chi connectivity index (χ2n) is 1.79. The molecule has 11 heavy (non-hydrogen) atoms. The Bertz CT molecular complexity index is 278. The molecule has 0 saturated heterocycles. The monoisotopic (exact) mass is 173 g/mol. The Balaban J connectivity index is 2.99. The van der Waals surface area contributed by atoms with Crippen LogP contribution in [-0.2, 0) is 0 Å². The smallest absolute Gasteiger partial charge is 0.280 e. The van der Waals surface area contributed by atoms with Crippen LogP contribution in [0.5, 0.6) is 0 Å². The summed E-state index contributed by atoms with van der Waals surface area (Å²) in [6.07, 6.45) is 0. The molecule has 0 aliphatic carbocycles. The lowest BCUT2D eigenvalue weighted by Gasteiger charge is -1.81. The lowest BCUT2D eigenvalue weighted by atomic mass is 10.4. The van der Waals surface area contributed by atoms with E-state index in [1.54, 1.807) is 0 Å². The van der Waals surface area contributed by atoms with Gasteiger partial charge in [0.05, 0.1) is 15.2 Å². The van der Waals surface area contributed by atoms with Crippen LogP contribution in [0.4, 0.5) is 5.69 Å². The number of hydrogen-bond acceptors (Lipinski definition) is 4. The molecule has 2 N–H and O–H groups in total. The quantitative estimate of drug-likeness (QED) is 0.406. The standard InChI is InChI=1S/C5H4N2O3S/c6-5(8)4-1-3(2-11-4)7(9)10/h1-2H,(H2,6,8)/i7+1. The molecule has 0 bridgehead atoms. The fraction of sp³-hybridized carbons (Fsp3) is 0. The Hall–Kier alpha value is -1.43. The average Bonchev–Trinajstić information content (AvgIpc) is 2.33. The summed E-state index contributed by atoms with van der Waals surface area (Å²) in [5, 5.41) is 11.4. The van der Waals surface area contributed by atoms with Crippen molar-refractivity contribution in [2.45, 2.75) is 0 Å². The third kappa shape index (κ3) is 1.53. The van der Waals surface area contributed by atoms with Gasteiger partial charge in [-0.25, -0.2) is 0 Å². The van der Waals surface area contributed by atoms with E-state index in [2.05, 4.69) is 0 Å². The maximum Gasteiger partial charge on any atom is 0.280 e. The van der Waals surface area contributed by atoms with Crippen molar-refractivity contribution in [3.05, 3.63) is 26.4 Å². The number of rotatable bonds is 2. The summed E-state index contributed by atoms with van der Waals surface area (Å²) in [6.45, 7) is 0. The molecule has 0 fully saturated rings. The molecule has 0 aromatic carbocycles. The molecule has 58 valence electrons. The average molecular weight is 173 g/mol. The Labute approximate surface area is 65.6 Å². The predicted molar refractivity (Wildman–Crippen MR) is 39.5 cm³/mol. The highest BCUT2D eigenvalue weighted by molar-refractivity contribution is 7.12. The maximum atomic E-state index is 10.4. The molecule has 1 heterocycles. The van der Waals surface area contributed by atoms with Crippen LogP contribution in [0.25, 0.3) is 0 Å². The topological polar surface area (TPSA) is 86.2 Å². The van der Waals surface area contributed by atoms with E-state index in [4.69, 9.17) is 5.73 Å². The van der Waals surface area contributed by atoms with E-state index in [9.17, 15) is 14.9 Å². The van der Waals surface area contributed by atoms with E-state index in [1.165, 1.54) is 5.38 Å². The zero-order valence-electron chi connectivity index (χ0n) is 5.31. The van der Waals surface area contributed by atoms with Crippen molar-refractivity contribution in [3.63, 3.8) is 0 Å². The SMILES string of the molecule is NC(=O)c1cc([15N+](=O)[O-])cs1. The van der Waals surface area contributed by atoms with Gasteiger partial charge in [0, 0.05) is 6.07 Å². The van der Waals surface area contributed by atoms with Gasteiger partial charge in [-0.3, -0.25) is 14.9 Å². The minimum Gasteiger partial charge on any atom is -0.365 e. The van der Waals surface area contributed by atoms with Gasteiger partial charge in [-0.2, -0.15) is 0 Å². The Morgan fingerprint density at radius 1 is 1.73 bits per heavy atom. The fourth-order valence-corrected chi connectivity index (χ4v) is 1.26. The molecule has 0 aliphatic rings. The number of carbonyl (C=O) groups is 1. The van der Waals surface area contributed by atoms with Crippen molar-refractivity contribution >= 4 is 22.9 Å². The van der Waals surface area contributed by atoms with E-state index >= 15 is 0 Å². The minimum absolute atomic E-state index is 0.0937. The molecule has 0 aliphatic heterocycles. The summed E-state index contributed by atoms with van der Waals surface area (Å²) in [5.74, 6) is -0.636. The molecule has 5 nitrogen and oxygen atoms in total. The molecule has 0 unspecified atom stereocenters. The molecule has 0 saturated carbocycles. The van der Waals surface area contributed by atoms with Gasteiger partial charge in [0.2, 0.25) is 0 Å². The highest BCUT2D eigenvalue weighted by Gasteiger charge is 2.11. The molecular formula is C5H4N2O3S. The van der Waals surface area contributed by atoms with E-state index in [-0.39, 0.29) is 10.6 Å². The maximum absolute atomic E-state index is 10.4.